The maximum atomic E-state index is 12.1. The summed E-state index contributed by atoms with van der Waals surface area (Å²) in [5.74, 6) is 1.06. The first-order valence-electron chi connectivity index (χ1n) is 8.33. The van der Waals surface area contributed by atoms with E-state index < -0.39 is 0 Å². The lowest BCUT2D eigenvalue weighted by Crippen LogP contribution is -2.35. The lowest BCUT2D eigenvalue weighted by molar-refractivity contribution is -0.118. The molecule has 1 unspecified atom stereocenters. The SMILES string of the molecule is CCC(=O)N1c2ccc(CC3CCNCC3)cc2CC1C. The molecule has 3 nitrogen and oxygen atoms in total. The van der Waals surface area contributed by atoms with Gasteiger partial charge in [-0.25, -0.2) is 0 Å². The number of rotatable bonds is 3. The maximum Gasteiger partial charge on any atom is 0.226 e. The molecule has 1 saturated heterocycles. The Kier molecular flexibility index (Phi) is 4.29. The van der Waals surface area contributed by atoms with Crippen LogP contribution in [0.25, 0.3) is 0 Å². The van der Waals surface area contributed by atoms with Crippen molar-refractivity contribution in [3.63, 3.8) is 0 Å². The van der Waals surface area contributed by atoms with Crippen molar-refractivity contribution >= 4 is 11.6 Å². The van der Waals surface area contributed by atoms with Gasteiger partial charge in [0.05, 0.1) is 0 Å². The smallest absolute Gasteiger partial charge is 0.226 e. The van der Waals surface area contributed by atoms with Gasteiger partial charge in [0.2, 0.25) is 5.91 Å². The van der Waals surface area contributed by atoms with Crippen LogP contribution in [-0.2, 0) is 17.6 Å². The van der Waals surface area contributed by atoms with Crippen LogP contribution in [0.4, 0.5) is 5.69 Å². The van der Waals surface area contributed by atoms with Crippen LogP contribution in [0.1, 0.15) is 44.2 Å². The van der Waals surface area contributed by atoms with E-state index in [1.807, 2.05) is 11.8 Å². The monoisotopic (exact) mass is 286 g/mol. The second-order valence-corrected chi connectivity index (χ2v) is 6.53. The third-order valence-corrected chi connectivity index (χ3v) is 4.91. The molecule has 114 valence electrons. The molecule has 3 heteroatoms. The van der Waals surface area contributed by atoms with Gasteiger partial charge in [-0.3, -0.25) is 4.79 Å². The highest BCUT2D eigenvalue weighted by atomic mass is 16.2. The van der Waals surface area contributed by atoms with E-state index in [0.717, 1.165) is 31.1 Å². The number of carbonyl (C=O) groups is 1. The number of anilines is 1. The largest absolute Gasteiger partial charge is 0.317 e. The Labute approximate surface area is 127 Å². The molecule has 0 spiro atoms. The molecule has 1 N–H and O–H groups in total. The van der Waals surface area contributed by atoms with Crippen LogP contribution >= 0.6 is 0 Å². The van der Waals surface area contributed by atoms with Crippen LogP contribution in [0.15, 0.2) is 18.2 Å². The fourth-order valence-corrected chi connectivity index (χ4v) is 3.78. The summed E-state index contributed by atoms with van der Waals surface area (Å²) in [5, 5.41) is 3.43. The van der Waals surface area contributed by atoms with Gasteiger partial charge in [0.15, 0.2) is 0 Å². The zero-order valence-electron chi connectivity index (χ0n) is 13.2. The molecule has 0 aromatic heterocycles. The fourth-order valence-electron chi connectivity index (χ4n) is 3.78. The van der Waals surface area contributed by atoms with Crippen molar-refractivity contribution in [2.24, 2.45) is 5.92 Å². The van der Waals surface area contributed by atoms with Crippen LogP contribution in [-0.4, -0.2) is 25.0 Å². The van der Waals surface area contributed by atoms with E-state index in [4.69, 9.17) is 0 Å². The standard InChI is InChI=1S/C18H26N2O/c1-3-18(21)20-13(2)10-16-12-15(4-5-17(16)20)11-14-6-8-19-9-7-14/h4-5,12-14,19H,3,6-11H2,1-2H3. The van der Waals surface area contributed by atoms with Gasteiger partial charge in [-0.2, -0.15) is 0 Å². The molecule has 1 aromatic carbocycles. The second kappa shape index (κ2) is 6.18. The average molecular weight is 286 g/mol. The first-order valence-corrected chi connectivity index (χ1v) is 8.33. The minimum atomic E-state index is 0.243. The van der Waals surface area contributed by atoms with Gasteiger partial charge in [-0.1, -0.05) is 19.1 Å². The highest BCUT2D eigenvalue weighted by Crippen LogP contribution is 2.34. The first kappa shape index (κ1) is 14.6. The van der Waals surface area contributed by atoms with Crippen molar-refractivity contribution < 1.29 is 4.79 Å². The Morgan fingerprint density at radius 2 is 2.10 bits per heavy atom. The van der Waals surface area contributed by atoms with Crippen LogP contribution in [0, 0.1) is 5.92 Å². The number of nitrogens with one attached hydrogen (secondary N) is 1. The summed E-state index contributed by atoms with van der Waals surface area (Å²) in [6.07, 6.45) is 5.34. The fraction of sp³-hybridized carbons (Fsp3) is 0.611. The molecular formula is C18H26N2O. The topological polar surface area (TPSA) is 32.3 Å². The van der Waals surface area contributed by atoms with Gasteiger partial charge in [-0.05, 0) is 68.8 Å². The Morgan fingerprint density at radius 1 is 1.33 bits per heavy atom. The summed E-state index contributed by atoms with van der Waals surface area (Å²) in [5.41, 5.74) is 3.94. The maximum absolute atomic E-state index is 12.1. The molecule has 1 fully saturated rings. The number of benzene rings is 1. The number of nitrogens with zero attached hydrogens (tertiary/aromatic N) is 1. The minimum absolute atomic E-state index is 0.243. The summed E-state index contributed by atoms with van der Waals surface area (Å²) in [7, 11) is 0. The van der Waals surface area contributed by atoms with Crippen LogP contribution < -0.4 is 10.2 Å². The summed E-state index contributed by atoms with van der Waals surface area (Å²) >= 11 is 0. The third kappa shape index (κ3) is 2.98. The van der Waals surface area contributed by atoms with Gasteiger partial charge in [0.25, 0.3) is 0 Å². The lowest BCUT2D eigenvalue weighted by atomic mass is 9.90. The van der Waals surface area contributed by atoms with Crippen molar-refractivity contribution in [1.82, 2.24) is 5.32 Å². The van der Waals surface area contributed by atoms with Crippen molar-refractivity contribution in [1.29, 1.82) is 0 Å². The lowest BCUT2D eigenvalue weighted by Gasteiger charge is -2.23. The van der Waals surface area contributed by atoms with Crippen LogP contribution in [0.3, 0.4) is 0 Å². The quantitative estimate of drug-likeness (QED) is 0.926. The Hall–Kier alpha value is -1.35. The molecule has 1 atom stereocenters. The number of hydrogen-bond acceptors (Lipinski definition) is 2. The van der Waals surface area contributed by atoms with E-state index in [2.05, 4.69) is 30.4 Å². The molecule has 1 aromatic rings. The Balaban J connectivity index is 1.76. The molecule has 0 aliphatic carbocycles. The highest BCUT2D eigenvalue weighted by molar-refractivity contribution is 5.96. The zero-order valence-corrected chi connectivity index (χ0v) is 13.2. The Morgan fingerprint density at radius 3 is 2.81 bits per heavy atom. The molecule has 2 heterocycles. The summed E-state index contributed by atoms with van der Waals surface area (Å²) < 4.78 is 0. The van der Waals surface area contributed by atoms with Crippen LogP contribution in [0.5, 0.6) is 0 Å². The minimum Gasteiger partial charge on any atom is -0.317 e. The van der Waals surface area contributed by atoms with Gasteiger partial charge in [0, 0.05) is 18.2 Å². The van der Waals surface area contributed by atoms with E-state index in [-0.39, 0.29) is 5.91 Å². The Bertz CT molecular complexity index is 520. The molecule has 2 aliphatic rings. The average Bonchev–Trinajstić information content (AvgIpc) is 2.82. The number of amides is 1. The number of fused-ring (bicyclic) bond motifs is 1. The van der Waals surface area contributed by atoms with E-state index >= 15 is 0 Å². The highest BCUT2D eigenvalue weighted by Gasteiger charge is 2.30. The number of hydrogen-bond donors (Lipinski definition) is 1. The van der Waals surface area contributed by atoms with Crippen molar-refractivity contribution in [3.8, 4) is 0 Å². The zero-order chi connectivity index (χ0) is 14.8. The van der Waals surface area contributed by atoms with Gasteiger partial charge < -0.3 is 10.2 Å². The molecule has 3 rings (SSSR count). The first-order chi connectivity index (χ1) is 10.2. The number of piperidine rings is 1. The van der Waals surface area contributed by atoms with Crippen molar-refractivity contribution in [2.45, 2.75) is 52.0 Å². The summed E-state index contributed by atoms with van der Waals surface area (Å²) in [6.45, 7) is 6.41. The van der Waals surface area contributed by atoms with Gasteiger partial charge >= 0.3 is 0 Å². The molecule has 2 aliphatic heterocycles. The van der Waals surface area contributed by atoms with Gasteiger partial charge in [0.1, 0.15) is 0 Å². The van der Waals surface area contributed by atoms with E-state index in [1.165, 1.54) is 30.4 Å². The van der Waals surface area contributed by atoms with Crippen molar-refractivity contribution in [2.75, 3.05) is 18.0 Å². The number of carbonyl (C=O) groups excluding carboxylic acids is 1. The molecule has 1 amide bonds. The van der Waals surface area contributed by atoms with E-state index in [9.17, 15) is 4.79 Å². The molecule has 0 radical (unpaired) electrons. The normalized spacial score (nSPS) is 22.4. The molecule has 21 heavy (non-hydrogen) atoms. The molecule has 0 bridgehead atoms. The third-order valence-electron chi connectivity index (χ3n) is 4.91. The van der Waals surface area contributed by atoms with E-state index in [0.29, 0.717) is 12.5 Å². The van der Waals surface area contributed by atoms with Crippen LogP contribution in [0.2, 0.25) is 0 Å². The molecule has 0 saturated carbocycles. The van der Waals surface area contributed by atoms with Gasteiger partial charge in [-0.15, -0.1) is 0 Å². The predicted molar refractivity (Wildman–Crippen MR) is 86.7 cm³/mol. The summed E-state index contributed by atoms with van der Waals surface area (Å²) in [6, 6.07) is 7.05. The molecular weight excluding hydrogens is 260 g/mol. The second-order valence-electron chi connectivity index (χ2n) is 6.53. The van der Waals surface area contributed by atoms with E-state index in [1.54, 1.807) is 0 Å². The summed E-state index contributed by atoms with van der Waals surface area (Å²) in [4.78, 5) is 14.1. The predicted octanol–water partition coefficient (Wildman–Crippen LogP) is 2.92. The van der Waals surface area contributed by atoms with Crippen molar-refractivity contribution in [3.05, 3.63) is 29.3 Å².